The molecule has 5 nitrogen and oxygen atoms in total. The lowest BCUT2D eigenvalue weighted by Crippen LogP contribution is -2.50. The Hall–Kier alpha value is -0.980. The molecule has 1 aliphatic heterocycles. The Balaban J connectivity index is 1.45. The fraction of sp³-hybridized carbons (Fsp3) is 0.778. The Morgan fingerprint density at radius 1 is 1.33 bits per heavy atom. The second kappa shape index (κ2) is 8.41. The minimum Gasteiger partial charge on any atom is -0.384 e. The molecule has 2 aliphatic rings. The number of ether oxygens (including phenoxy) is 1. The van der Waals surface area contributed by atoms with E-state index in [4.69, 9.17) is 9.72 Å². The topological polar surface area (TPSA) is 63.2 Å². The lowest BCUT2D eigenvalue weighted by atomic mass is 9.78. The van der Waals surface area contributed by atoms with Gasteiger partial charge in [-0.3, -0.25) is 4.79 Å². The van der Waals surface area contributed by atoms with E-state index in [1.807, 2.05) is 11.3 Å². The number of methoxy groups -OCH3 is 1. The monoisotopic (exact) mass is 351 g/mol. The molecule has 1 aromatic heterocycles. The zero-order valence-corrected chi connectivity index (χ0v) is 15.5. The van der Waals surface area contributed by atoms with Crippen LogP contribution in [0.15, 0.2) is 0 Å². The van der Waals surface area contributed by atoms with Gasteiger partial charge in [-0.2, -0.15) is 0 Å². The van der Waals surface area contributed by atoms with Crippen LogP contribution in [0.4, 0.5) is 0 Å². The third-order valence-corrected chi connectivity index (χ3v) is 6.42. The molecular weight excluding hydrogens is 322 g/mol. The van der Waals surface area contributed by atoms with Crippen LogP contribution in [-0.4, -0.2) is 44.2 Å². The number of carbonyl (C=O) groups excluding carboxylic acids is 1. The van der Waals surface area contributed by atoms with Crippen LogP contribution in [0.2, 0.25) is 0 Å². The van der Waals surface area contributed by atoms with Crippen molar-refractivity contribution >= 4 is 17.2 Å². The molecule has 0 spiro atoms. The summed E-state index contributed by atoms with van der Waals surface area (Å²) in [6, 6.07) is 0. The first-order valence-electron chi connectivity index (χ1n) is 9.19. The third-order valence-electron chi connectivity index (χ3n) is 5.21. The Bertz CT molecular complexity index is 523. The van der Waals surface area contributed by atoms with Gasteiger partial charge in [0.25, 0.3) is 0 Å². The molecule has 0 aromatic carbocycles. The van der Waals surface area contributed by atoms with Gasteiger partial charge in [0.15, 0.2) is 0 Å². The first-order valence-corrected chi connectivity index (χ1v) is 10.0. The quantitative estimate of drug-likeness (QED) is 0.739. The Morgan fingerprint density at radius 2 is 2.12 bits per heavy atom. The predicted octanol–water partition coefficient (Wildman–Crippen LogP) is 2.09. The van der Waals surface area contributed by atoms with Crippen molar-refractivity contribution in [3.63, 3.8) is 0 Å². The van der Waals surface area contributed by atoms with Crippen molar-refractivity contribution in [2.45, 2.75) is 51.4 Å². The molecule has 3 rings (SSSR count). The van der Waals surface area contributed by atoms with Crippen LogP contribution in [0.1, 0.15) is 47.7 Å². The number of carbonyl (C=O) groups is 1. The first kappa shape index (κ1) is 17.8. The van der Waals surface area contributed by atoms with E-state index < -0.39 is 0 Å². The number of nitrogens with one attached hydrogen (secondary N) is 2. The largest absolute Gasteiger partial charge is 0.384 e. The van der Waals surface area contributed by atoms with Crippen LogP contribution in [-0.2, 0) is 28.8 Å². The standard InChI is InChI=1S/C18H29N3O2S/c1-23-13-18(8-11-19-12-9-18)17(22)20-10-4-7-16-21-14-5-2-3-6-15(14)24-16/h19H,2-13H2,1H3,(H,20,22). The number of rotatable bonds is 7. The van der Waals surface area contributed by atoms with E-state index in [1.54, 1.807) is 7.11 Å². The fourth-order valence-electron chi connectivity index (χ4n) is 3.76. The van der Waals surface area contributed by atoms with Crippen molar-refractivity contribution in [3.05, 3.63) is 15.6 Å². The van der Waals surface area contributed by atoms with Gasteiger partial charge < -0.3 is 15.4 Å². The molecule has 6 heteroatoms. The number of aryl methyl sites for hydroxylation is 3. The maximum Gasteiger partial charge on any atom is 0.228 e. The summed E-state index contributed by atoms with van der Waals surface area (Å²) >= 11 is 1.88. The van der Waals surface area contributed by atoms with Gasteiger partial charge in [0.1, 0.15) is 0 Å². The van der Waals surface area contributed by atoms with E-state index in [1.165, 1.54) is 34.8 Å². The maximum atomic E-state index is 12.6. The van der Waals surface area contributed by atoms with Gasteiger partial charge in [0, 0.05) is 25.0 Å². The van der Waals surface area contributed by atoms with Crippen molar-refractivity contribution in [3.8, 4) is 0 Å². The van der Waals surface area contributed by atoms with Crippen LogP contribution in [0.25, 0.3) is 0 Å². The molecule has 1 aromatic rings. The van der Waals surface area contributed by atoms with Gasteiger partial charge in [-0.1, -0.05) is 0 Å². The first-order chi connectivity index (χ1) is 11.7. The molecule has 1 amide bonds. The predicted molar refractivity (Wildman–Crippen MR) is 96.5 cm³/mol. The minimum atomic E-state index is -0.347. The van der Waals surface area contributed by atoms with Crippen LogP contribution >= 0.6 is 11.3 Å². The van der Waals surface area contributed by atoms with E-state index in [0.717, 1.165) is 51.7 Å². The zero-order chi connectivity index (χ0) is 16.8. The van der Waals surface area contributed by atoms with Gasteiger partial charge in [-0.25, -0.2) is 4.98 Å². The number of thiazole rings is 1. The maximum absolute atomic E-state index is 12.6. The average molecular weight is 352 g/mol. The molecule has 0 radical (unpaired) electrons. The van der Waals surface area contributed by atoms with E-state index >= 15 is 0 Å². The summed E-state index contributed by atoms with van der Waals surface area (Å²) in [5.74, 6) is 0.157. The van der Waals surface area contributed by atoms with Crippen LogP contribution in [0, 0.1) is 5.41 Å². The highest BCUT2D eigenvalue weighted by Crippen LogP contribution is 2.30. The molecule has 24 heavy (non-hydrogen) atoms. The average Bonchev–Trinajstić information content (AvgIpc) is 3.02. The molecule has 2 N–H and O–H groups in total. The summed E-state index contributed by atoms with van der Waals surface area (Å²) in [6.45, 7) is 3.02. The van der Waals surface area contributed by atoms with Crippen LogP contribution in [0.5, 0.6) is 0 Å². The molecule has 1 fully saturated rings. The highest BCUT2D eigenvalue weighted by atomic mass is 32.1. The second-order valence-corrected chi connectivity index (χ2v) is 8.18. The summed E-state index contributed by atoms with van der Waals surface area (Å²) in [6.07, 6.45) is 8.57. The normalized spacial score (nSPS) is 19.7. The Kier molecular flexibility index (Phi) is 6.25. The van der Waals surface area contributed by atoms with Gasteiger partial charge >= 0.3 is 0 Å². The summed E-state index contributed by atoms with van der Waals surface area (Å²) in [5, 5.41) is 7.70. The fourth-order valence-corrected chi connectivity index (χ4v) is 4.96. The third kappa shape index (κ3) is 4.16. The van der Waals surface area contributed by atoms with Crippen molar-refractivity contribution in [2.24, 2.45) is 5.41 Å². The SMILES string of the molecule is COCC1(C(=O)NCCCc2nc3c(s2)CCCC3)CCNCC1. The van der Waals surface area contributed by atoms with E-state index in [0.29, 0.717) is 6.61 Å². The number of aromatic nitrogens is 1. The molecule has 134 valence electrons. The number of hydrogen-bond donors (Lipinski definition) is 2. The molecule has 0 unspecified atom stereocenters. The molecule has 1 aliphatic carbocycles. The van der Waals surface area contributed by atoms with Gasteiger partial charge in [-0.15, -0.1) is 11.3 Å². The molecule has 1 saturated heterocycles. The second-order valence-electron chi connectivity index (χ2n) is 7.01. The lowest BCUT2D eigenvalue weighted by Gasteiger charge is -2.35. The highest BCUT2D eigenvalue weighted by Gasteiger charge is 2.39. The van der Waals surface area contributed by atoms with E-state index in [9.17, 15) is 4.79 Å². The number of fused-ring (bicyclic) bond motifs is 1. The van der Waals surface area contributed by atoms with E-state index in [2.05, 4.69) is 10.6 Å². The van der Waals surface area contributed by atoms with Crippen LogP contribution < -0.4 is 10.6 Å². The molecule has 2 heterocycles. The van der Waals surface area contributed by atoms with Crippen molar-refractivity contribution < 1.29 is 9.53 Å². The number of amides is 1. The molecule has 0 bridgehead atoms. The minimum absolute atomic E-state index is 0.157. The van der Waals surface area contributed by atoms with Gasteiger partial charge in [-0.05, 0) is 58.0 Å². The van der Waals surface area contributed by atoms with Crippen LogP contribution in [0.3, 0.4) is 0 Å². The van der Waals surface area contributed by atoms with E-state index in [-0.39, 0.29) is 11.3 Å². The number of piperidine rings is 1. The van der Waals surface area contributed by atoms with Gasteiger partial charge in [0.2, 0.25) is 5.91 Å². The smallest absolute Gasteiger partial charge is 0.228 e. The van der Waals surface area contributed by atoms with Gasteiger partial charge in [0.05, 0.1) is 22.7 Å². The van der Waals surface area contributed by atoms with Crippen molar-refractivity contribution in [2.75, 3.05) is 33.4 Å². The summed E-state index contributed by atoms with van der Waals surface area (Å²) in [4.78, 5) is 18.9. The number of hydrogen-bond acceptors (Lipinski definition) is 5. The lowest BCUT2D eigenvalue weighted by molar-refractivity contribution is -0.136. The highest BCUT2D eigenvalue weighted by molar-refractivity contribution is 7.11. The molecule has 0 atom stereocenters. The molecular formula is C18H29N3O2S. The molecule has 0 saturated carbocycles. The summed E-state index contributed by atoms with van der Waals surface area (Å²) in [5.41, 5.74) is 0.985. The summed E-state index contributed by atoms with van der Waals surface area (Å²) < 4.78 is 5.33. The zero-order valence-electron chi connectivity index (χ0n) is 14.7. The Labute approximate surface area is 148 Å². The summed E-state index contributed by atoms with van der Waals surface area (Å²) in [7, 11) is 1.68. The van der Waals surface area contributed by atoms with Crippen molar-refractivity contribution in [1.82, 2.24) is 15.6 Å². The number of nitrogens with zero attached hydrogens (tertiary/aromatic N) is 1. The Morgan fingerprint density at radius 3 is 2.88 bits per heavy atom. The van der Waals surface area contributed by atoms with Crippen molar-refractivity contribution in [1.29, 1.82) is 0 Å².